The van der Waals surface area contributed by atoms with Gasteiger partial charge in [-0.25, -0.2) is 4.79 Å². The molecule has 0 spiro atoms. The predicted octanol–water partition coefficient (Wildman–Crippen LogP) is 1.09. The van der Waals surface area contributed by atoms with Gasteiger partial charge in [0, 0.05) is 12.0 Å². The summed E-state index contributed by atoms with van der Waals surface area (Å²) in [4.78, 5) is 36.7. The van der Waals surface area contributed by atoms with E-state index < -0.39 is 47.9 Å². The molecule has 2 fully saturated rings. The maximum absolute atomic E-state index is 12.4. The highest BCUT2D eigenvalue weighted by molar-refractivity contribution is 6.01. The maximum Gasteiger partial charge on any atom is 0.334 e. The third-order valence-corrected chi connectivity index (χ3v) is 5.18. The van der Waals surface area contributed by atoms with Gasteiger partial charge in [0.15, 0.2) is 5.78 Å². The summed E-state index contributed by atoms with van der Waals surface area (Å²) in [5, 5.41) is 10.9. The minimum atomic E-state index is -1.41. The normalized spacial score (nSPS) is 41.7. The molecule has 0 aromatic heterocycles. The summed E-state index contributed by atoms with van der Waals surface area (Å²) >= 11 is 0. The average molecular weight is 364 g/mol. The average Bonchev–Trinajstić information content (AvgIpc) is 3.29. The topological polar surface area (TPSA) is 102 Å². The van der Waals surface area contributed by atoms with Gasteiger partial charge in [0.1, 0.15) is 24.4 Å². The number of carbonyl (C=O) groups excluding carboxylic acids is 3. The number of carbonyl (C=O) groups is 3. The number of epoxide rings is 1. The molecule has 2 saturated heterocycles. The summed E-state index contributed by atoms with van der Waals surface area (Å²) < 4.78 is 16.4. The predicted molar refractivity (Wildman–Crippen MR) is 89.9 cm³/mol. The van der Waals surface area contributed by atoms with Gasteiger partial charge < -0.3 is 19.3 Å². The Kier molecular flexibility index (Phi) is 4.56. The summed E-state index contributed by atoms with van der Waals surface area (Å²) in [5.74, 6) is -2.33. The first-order valence-electron chi connectivity index (χ1n) is 8.73. The van der Waals surface area contributed by atoms with Crippen molar-refractivity contribution in [3.63, 3.8) is 0 Å². The highest BCUT2D eigenvalue weighted by Crippen LogP contribution is 2.43. The Morgan fingerprint density at radius 1 is 1.42 bits per heavy atom. The SMILES string of the molecule is C=C1C(=O)O[C@@H]2/C=C(/C)C(=O)[C@H]3O[C@H]3[C@](C)(O)C[C@@H](OC(=O)C(C)C)[C@@H]12. The largest absolute Gasteiger partial charge is 0.461 e. The Hall–Kier alpha value is -1.99. The lowest BCUT2D eigenvalue weighted by atomic mass is 9.80. The van der Waals surface area contributed by atoms with Crippen molar-refractivity contribution in [3.05, 3.63) is 23.8 Å². The fraction of sp³-hybridized carbons (Fsp3) is 0.632. The van der Waals surface area contributed by atoms with Gasteiger partial charge in [-0.2, -0.15) is 0 Å². The lowest BCUT2D eigenvalue weighted by Crippen LogP contribution is -2.44. The molecule has 1 aliphatic carbocycles. The van der Waals surface area contributed by atoms with Gasteiger partial charge in [0.05, 0.1) is 17.4 Å². The number of hydrogen-bond donors (Lipinski definition) is 1. The van der Waals surface area contributed by atoms with Crippen LogP contribution in [0.15, 0.2) is 23.8 Å². The van der Waals surface area contributed by atoms with Gasteiger partial charge in [0.25, 0.3) is 0 Å². The molecule has 0 bridgehead atoms. The van der Waals surface area contributed by atoms with Gasteiger partial charge in [-0.1, -0.05) is 20.4 Å². The lowest BCUT2D eigenvalue weighted by molar-refractivity contribution is -0.160. The molecule has 2 heterocycles. The van der Waals surface area contributed by atoms with Crippen LogP contribution in [0.5, 0.6) is 0 Å². The molecule has 0 aromatic carbocycles. The standard InChI is InChI=1S/C19H24O7/c1-8(2)17(21)25-12-7-19(5,23)16-15(26-16)14(20)9(3)6-11-13(12)10(4)18(22)24-11/h6,8,11-13,15-16,23H,4,7H2,1-3,5H3/b9-6-/t11-,12-,13+,15-,16-,19-/m1/s1. The number of Topliss-reactive ketones (excluding diaryl/α,β-unsaturated/α-hetero) is 1. The summed E-state index contributed by atoms with van der Waals surface area (Å²) in [6, 6.07) is 0. The number of hydrogen-bond acceptors (Lipinski definition) is 7. The molecule has 1 N–H and O–H groups in total. The van der Waals surface area contributed by atoms with Crippen molar-refractivity contribution in [1.82, 2.24) is 0 Å². The van der Waals surface area contributed by atoms with Crippen LogP contribution in [0.2, 0.25) is 0 Å². The van der Waals surface area contributed by atoms with E-state index in [0.717, 1.165) is 0 Å². The first-order chi connectivity index (χ1) is 12.0. The van der Waals surface area contributed by atoms with E-state index in [1.54, 1.807) is 26.8 Å². The Morgan fingerprint density at radius 3 is 2.69 bits per heavy atom. The van der Waals surface area contributed by atoms with Gasteiger partial charge >= 0.3 is 11.9 Å². The van der Waals surface area contributed by atoms with E-state index in [9.17, 15) is 19.5 Å². The minimum absolute atomic E-state index is 0.00359. The molecule has 0 unspecified atom stereocenters. The second kappa shape index (κ2) is 6.32. The van der Waals surface area contributed by atoms with Crippen LogP contribution in [0.1, 0.15) is 34.1 Å². The maximum atomic E-state index is 12.4. The Bertz CT molecular complexity index is 703. The van der Waals surface area contributed by atoms with Crippen molar-refractivity contribution in [2.24, 2.45) is 11.8 Å². The minimum Gasteiger partial charge on any atom is -0.461 e. The Balaban J connectivity index is 2.02. The Labute approximate surface area is 152 Å². The van der Waals surface area contributed by atoms with Crippen molar-refractivity contribution in [2.45, 2.75) is 64.1 Å². The molecule has 142 valence electrons. The quantitative estimate of drug-likeness (QED) is 0.444. The van der Waals surface area contributed by atoms with E-state index in [2.05, 4.69) is 6.58 Å². The summed E-state index contributed by atoms with van der Waals surface area (Å²) in [7, 11) is 0. The summed E-state index contributed by atoms with van der Waals surface area (Å²) in [6.07, 6.45) is -1.47. The fourth-order valence-electron chi connectivity index (χ4n) is 3.57. The van der Waals surface area contributed by atoms with Crippen molar-refractivity contribution in [1.29, 1.82) is 0 Å². The number of fused-ring (bicyclic) bond motifs is 2. The highest BCUT2D eigenvalue weighted by Gasteiger charge is 2.58. The molecule has 0 amide bonds. The van der Waals surface area contributed by atoms with E-state index in [0.29, 0.717) is 5.57 Å². The molecule has 3 rings (SSSR count). The van der Waals surface area contributed by atoms with Crippen LogP contribution in [0, 0.1) is 11.8 Å². The number of esters is 2. The molecule has 3 aliphatic rings. The van der Waals surface area contributed by atoms with Crippen molar-refractivity contribution >= 4 is 17.7 Å². The zero-order valence-corrected chi connectivity index (χ0v) is 15.4. The molecule has 26 heavy (non-hydrogen) atoms. The van der Waals surface area contributed by atoms with Crippen LogP contribution in [0.3, 0.4) is 0 Å². The second-order valence-corrected chi connectivity index (χ2v) is 7.80. The molecule has 7 nitrogen and oxygen atoms in total. The molecular formula is C19H24O7. The molecule has 2 aliphatic heterocycles. The molecule has 0 aromatic rings. The molecular weight excluding hydrogens is 340 g/mol. The van der Waals surface area contributed by atoms with Gasteiger partial charge in [-0.05, 0) is 25.5 Å². The van der Waals surface area contributed by atoms with Gasteiger partial charge in [-0.15, -0.1) is 0 Å². The van der Waals surface area contributed by atoms with E-state index in [1.807, 2.05) is 0 Å². The second-order valence-electron chi connectivity index (χ2n) is 7.80. The monoisotopic (exact) mass is 364 g/mol. The van der Waals surface area contributed by atoms with Crippen LogP contribution in [-0.4, -0.2) is 52.8 Å². The van der Waals surface area contributed by atoms with Gasteiger partial charge in [0.2, 0.25) is 0 Å². The van der Waals surface area contributed by atoms with Crippen molar-refractivity contribution < 1.29 is 33.7 Å². The first-order valence-corrected chi connectivity index (χ1v) is 8.73. The van der Waals surface area contributed by atoms with E-state index in [1.165, 1.54) is 6.92 Å². The smallest absolute Gasteiger partial charge is 0.334 e. The zero-order valence-electron chi connectivity index (χ0n) is 15.4. The number of ether oxygens (including phenoxy) is 3. The number of aliphatic hydroxyl groups is 1. The highest BCUT2D eigenvalue weighted by atomic mass is 16.6. The van der Waals surface area contributed by atoms with Crippen LogP contribution >= 0.6 is 0 Å². The molecule has 0 radical (unpaired) electrons. The molecule has 7 heteroatoms. The summed E-state index contributed by atoms with van der Waals surface area (Å²) in [5.41, 5.74) is -0.865. The lowest BCUT2D eigenvalue weighted by Gasteiger charge is -2.32. The first kappa shape index (κ1) is 18.8. The van der Waals surface area contributed by atoms with Crippen molar-refractivity contribution in [2.75, 3.05) is 0 Å². The fourth-order valence-corrected chi connectivity index (χ4v) is 3.57. The zero-order chi connectivity index (χ0) is 19.4. The van der Waals surface area contributed by atoms with Crippen molar-refractivity contribution in [3.8, 4) is 0 Å². The van der Waals surface area contributed by atoms with E-state index in [-0.39, 0.29) is 23.7 Å². The van der Waals surface area contributed by atoms with Crippen LogP contribution in [-0.2, 0) is 28.6 Å². The van der Waals surface area contributed by atoms with Crippen LogP contribution in [0.25, 0.3) is 0 Å². The van der Waals surface area contributed by atoms with Crippen LogP contribution in [0.4, 0.5) is 0 Å². The van der Waals surface area contributed by atoms with Crippen LogP contribution < -0.4 is 0 Å². The summed E-state index contributed by atoms with van der Waals surface area (Å²) in [6.45, 7) is 10.3. The molecule has 6 atom stereocenters. The van der Waals surface area contributed by atoms with Gasteiger partial charge in [-0.3, -0.25) is 9.59 Å². The van der Waals surface area contributed by atoms with E-state index >= 15 is 0 Å². The number of rotatable bonds is 2. The Morgan fingerprint density at radius 2 is 2.08 bits per heavy atom. The molecule has 0 saturated carbocycles. The van der Waals surface area contributed by atoms with E-state index in [4.69, 9.17) is 14.2 Å². The third-order valence-electron chi connectivity index (χ3n) is 5.18. The number of ketones is 1. The third kappa shape index (κ3) is 3.21.